The number of carboxylic acids is 1. The van der Waals surface area contributed by atoms with Gasteiger partial charge in [0.15, 0.2) is 0 Å². The van der Waals surface area contributed by atoms with E-state index in [1.807, 2.05) is 6.07 Å². The topological polar surface area (TPSA) is 139 Å². The Labute approximate surface area is 188 Å². The maximum Gasteiger partial charge on any atom is 0.326 e. The first-order chi connectivity index (χ1) is 14.6. The highest BCUT2D eigenvalue weighted by Gasteiger charge is 2.26. The van der Waals surface area contributed by atoms with Gasteiger partial charge in [-0.2, -0.15) is 0 Å². The zero-order chi connectivity index (χ0) is 23.1. The molecule has 0 saturated carbocycles. The van der Waals surface area contributed by atoms with Gasteiger partial charge in [0.1, 0.15) is 11.8 Å². The van der Waals surface area contributed by atoms with Crippen molar-refractivity contribution in [1.82, 2.24) is 5.32 Å². The SMILES string of the molecule is COC(CCc1cccc(O)c1)c1cc(Cl)c(C(=O)N[C@@H](CC(N)=O)C(=O)O)c(Cl)c1. The predicted octanol–water partition coefficient (Wildman–Crippen LogP) is 3.08. The Morgan fingerprint density at radius 3 is 2.32 bits per heavy atom. The smallest absolute Gasteiger partial charge is 0.326 e. The fourth-order valence-electron chi connectivity index (χ4n) is 3.06. The highest BCUT2D eigenvalue weighted by atomic mass is 35.5. The predicted molar refractivity (Wildman–Crippen MR) is 115 cm³/mol. The summed E-state index contributed by atoms with van der Waals surface area (Å²) in [5, 5.41) is 20.9. The summed E-state index contributed by atoms with van der Waals surface area (Å²) >= 11 is 12.5. The van der Waals surface area contributed by atoms with E-state index in [0.717, 1.165) is 5.56 Å². The summed E-state index contributed by atoms with van der Waals surface area (Å²) < 4.78 is 5.53. The van der Waals surface area contributed by atoms with Gasteiger partial charge >= 0.3 is 5.97 Å². The standard InChI is InChI=1S/C21H22Cl2N2O6/c1-31-17(6-5-11-3-2-4-13(26)7-11)12-8-14(22)19(15(23)9-12)20(28)25-16(21(29)30)10-18(24)27/h2-4,7-9,16-17,26H,5-6,10H2,1H3,(H2,24,27)(H,25,28)(H,29,30)/t16-,17?/m0/s1. The third-order valence-electron chi connectivity index (χ3n) is 4.56. The van der Waals surface area contributed by atoms with Gasteiger partial charge in [0.05, 0.1) is 28.1 Å². The largest absolute Gasteiger partial charge is 0.508 e. The third-order valence-corrected chi connectivity index (χ3v) is 5.16. The second-order valence-electron chi connectivity index (χ2n) is 6.83. The van der Waals surface area contributed by atoms with E-state index >= 15 is 0 Å². The summed E-state index contributed by atoms with van der Waals surface area (Å²) in [5.41, 5.74) is 6.45. The highest BCUT2D eigenvalue weighted by Crippen LogP contribution is 2.32. The van der Waals surface area contributed by atoms with Crippen LogP contribution in [0.1, 0.15) is 40.4 Å². The van der Waals surface area contributed by atoms with Crippen molar-refractivity contribution in [2.45, 2.75) is 31.4 Å². The van der Waals surface area contributed by atoms with Crippen molar-refractivity contribution in [3.8, 4) is 5.75 Å². The van der Waals surface area contributed by atoms with Gasteiger partial charge in [-0.1, -0.05) is 35.3 Å². The molecule has 166 valence electrons. The average molecular weight is 469 g/mol. The molecule has 0 aliphatic rings. The number of nitrogens with two attached hydrogens (primary N) is 1. The van der Waals surface area contributed by atoms with Crippen molar-refractivity contribution in [2.24, 2.45) is 5.73 Å². The molecule has 0 aromatic heterocycles. The van der Waals surface area contributed by atoms with E-state index in [0.29, 0.717) is 18.4 Å². The molecule has 31 heavy (non-hydrogen) atoms. The number of phenols is 1. The van der Waals surface area contributed by atoms with E-state index in [4.69, 9.17) is 38.8 Å². The molecule has 2 rings (SSSR count). The van der Waals surface area contributed by atoms with E-state index < -0.39 is 36.4 Å². The fraction of sp³-hybridized carbons (Fsp3) is 0.286. The van der Waals surface area contributed by atoms with Crippen molar-refractivity contribution in [3.63, 3.8) is 0 Å². The monoisotopic (exact) mass is 468 g/mol. The van der Waals surface area contributed by atoms with Crippen LogP contribution in [0.5, 0.6) is 5.75 Å². The number of carbonyl (C=O) groups is 3. The number of primary amides is 1. The number of amides is 2. The van der Waals surface area contributed by atoms with Gasteiger partial charge in [-0.05, 0) is 48.2 Å². The van der Waals surface area contributed by atoms with Gasteiger partial charge in [0, 0.05) is 7.11 Å². The normalized spacial score (nSPS) is 12.7. The number of aryl methyl sites for hydroxylation is 1. The first-order valence-electron chi connectivity index (χ1n) is 9.24. The van der Waals surface area contributed by atoms with Crippen LogP contribution < -0.4 is 11.1 Å². The van der Waals surface area contributed by atoms with Crippen LogP contribution in [0.3, 0.4) is 0 Å². The van der Waals surface area contributed by atoms with Crippen molar-refractivity contribution in [1.29, 1.82) is 0 Å². The van der Waals surface area contributed by atoms with Gasteiger partial charge in [-0.15, -0.1) is 0 Å². The molecule has 2 amide bonds. The molecule has 0 radical (unpaired) electrons. The van der Waals surface area contributed by atoms with Crippen LogP contribution in [0.15, 0.2) is 36.4 Å². The average Bonchev–Trinajstić information content (AvgIpc) is 2.67. The molecule has 10 heteroatoms. The lowest BCUT2D eigenvalue weighted by Gasteiger charge is -2.19. The van der Waals surface area contributed by atoms with Gasteiger partial charge < -0.3 is 26.0 Å². The molecule has 5 N–H and O–H groups in total. The molecule has 1 unspecified atom stereocenters. The molecule has 2 aromatic rings. The Morgan fingerprint density at radius 1 is 1.16 bits per heavy atom. The lowest BCUT2D eigenvalue weighted by Crippen LogP contribution is -2.43. The number of nitrogens with one attached hydrogen (secondary N) is 1. The Morgan fingerprint density at radius 2 is 1.81 bits per heavy atom. The van der Waals surface area contributed by atoms with Crippen molar-refractivity contribution >= 4 is 41.0 Å². The third kappa shape index (κ3) is 6.85. The van der Waals surface area contributed by atoms with E-state index in [9.17, 15) is 19.5 Å². The number of hydrogen-bond acceptors (Lipinski definition) is 5. The number of hydrogen-bond donors (Lipinski definition) is 4. The minimum Gasteiger partial charge on any atom is -0.508 e. The highest BCUT2D eigenvalue weighted by molar-refractivity contribution is 6.39. The summed E-state index contributed by atoms with van der Waals surface area (Å²) in [6, 6.07) is 8.39. The van der Waals surface area contributed by atoms with Crippen molar-refractivity contribution in [2.75, 3.05) is 7.11 Å². The molecule has 0 saturated heterocycles. The van der Waals surface area contributed by atoms with Crippen LogP contribution in [0.2, 0.25) is 10.0 Å². The summed E-state index contributed by atoms with van der Waals surface area (Å²) in [4.78, 5) is 34.8. The van der Waals surface area contributed by atoms with Gasteiger partial charge in [0.25, 0.3) is 5.91 Å². The van der Waals surface area contributed by atoms with E-state index in [-0.39, 0.29) is 21.4 Å². The quantitative estimate of drug-likeness (QED) is 0.422. The molecular weight excluding hydrogens is 447 g/mol. The zero-order valence-electron chi connectivity index (χ0n) is 16.6. The zero-order valence-corrected chi connectivity index (χ0v) is 18.1. The Bertz CT molecular complexity index is 959. The number of halogens is 2. The second-order valence-corrected chi connectivity index (χ2v) is 7.64. The molecule has 0 aliphatic heterocycles. The molecule has 2 atom stereocenters. The van der Waals surface area contributed by atoms with Crippen LogP contribution in [0, 0.1) is 0 Å². The number of rotatable bonds is 10. The number of aromatic hydroxyl groups is 1. The number of methoxy groups -OCH3 is 1. The molecule has 0 bridgehead atoms. The number of carboxylic acid groups (broad SMARTS) is 1. The summed E-state index contributed by atoms with van der Waals surface area (Å²) in [6.07, 6.45) is 0.196. The van der Waals surface area contributed by atoms with Gasteiger partial charge in [-0.3, -0.25) is 9.59 Å². The molecule has 0 aliphatic carbocycles. The first-order valence-corrected chi connectivity index (χ1v) is 9.99. The maximum atomic E-state index is 12.5. The minimum atomic E-state index is -1.51. The first kappa shape index (κ1) is 24.5. The van der Waals surface area contributed by atoms with Gasteiger partial charge in [0.2, 0.25) is 5.91 Å². The number of ether oxygens (including phenoxy) is 1. The fourth-order valence-corrected chi connectivity index (χ4v) is 3.73. The number of phenolic OH excluding ortho intramolecular Hbond substituents is 1. The van der Waals surface area contributed by atoms with E-state index in [1.54, 1.807) is 18.2 Å². The van der Waals surface area contributed by atoms with Gasteiger partial charge in [-0.25, -0.2) is 4.79 Å². The summed E-state index contributed by atoms with van der Waals surface area (Å²) in [7, 11) is 1.52. The van der Waals surface area contributed by atoms with Crippen molar-refractivity contribution in [3.05, 3.63) is 63.1 Å². The molecule has 8 nitrogen and oxygen atoms in total. The Balaban J connectivity index is 2.19. The number of carbonyl (C=O) groups excluding carboxylic acids is 2. The summed E-state index contributed by atoms with van der Waals surface area (Å²) in [5.74, 6) is -2.97. The van der Waals surface area contributed by atoms with Crippen molar-refractivity contribution < 1.29 is 29.3 Å². The lowest BCUT2D eigenvalue weighted by molar-refractivity contribution is -0.140. The Kier molecular flexibility index (Phi) is 8.67. The summed E-state index contributed by atoms with van der Waals surface area (Å²) in [6.45, 7) is 0. The maximum absolute atomic E-state index is 12.5. The molecule has 2 aromatic carbocycles. The van der Waals surface area contributed by atoms with Crippen LogP contribution >= 0.6 is 23.2 Å². The van der Waals surface area contributed by atoms with E-state index in [1.165, 1.54) is 19.2 Å². The number of benzene rings is 2. The minimum absolute atomic E-state index is 0.00243. The van der Waals surface area contributed by atoms with Crippen LogP contribution in [0.25, 0.3) is 0 Å². The molecule has 0 heterocycles. The molecule has 0 fully saturated rings. The second kappa shape index (κ2) is 11.0. The lowest BCUT2D eigenvalue weighted by atomic mass is 9.99. The van der Waals surface area contributed by atoms with Crippen LogP contribution in [-0.4, -0.2) is 41.1 Å². The van der Waals surface area contributed by atoms with Crippen LogP contribution in [0.4, 0.5) is 0 Å². The number of aliphatic carboxylic acids is 1. The van der Waals surface area contributed by atoms with Crippen LogP contribution in [-0.2, 0) is 20.7 Å². The Hall–Kier alpha value is -2.81. The molecular formula is C21H22Cl2N2O6. The molecule has 0 spiro atoms. The van der Waals surface area contributed by atoms with E-state index in [2.05, 4.69) is 5.32 Å².